The van der Waals surface area contributed by atoms with E-state index in [0.717, 1.165) is 23.5 Å². The van der Waals surface area contributed by atoms with Gasteiger partial charge in [0.1, 0.15) is 11.5 Å². The lowest BCUT2D eigenvalue weighted by Gasteiger charge is -2.10. The molecule has 82 valence electrons. The number of nitrogens with two attached hydrogens (primary N) is 1. The lowest BCUT2D eigenvalue weighted by Crippen LogP contribution is -2.00. The van der Waals surface area contributed by atoms with Gasteiger partial charge < -0.3 is 15.2 Å². The van der Waals surface area contributed by atoms with Gasteiger partial charge in [-0.25, -0.2) is 0 Å². The van der Waals surface area contributed by atoms with Gasteiger partial charge in [0.05, 0.1) is 14.2 Å². The lowest BCUT2D eigenvalue weighted by atomic mass is 10.1. The molecule has 1 aromatic rings. The zero-order valence-electron chi connectivity index (χ0n) is 9.41. The number of benzene rings is 1. The first kappa shape index (κ1) is 11.4. The average Bonchev–Trinajstić information content (AvgIpc) is 2.28. The van der Waals surface area contributed by atoms with E-state index in [4.69, 9.17) is 15.2 Å². The fraction of sp³-hybridized carbons (Fsp3) is 0.333. The fourth-order valence-electron chi connectivity index (χ4n) is 1.37. The van der Waals surface area contributed by atoms with Crippen LogP contribution in [0.25, 0.3) is 5.70 Å². The number of allylic oxidation sites excluding steroid dienone is 1. The molecule has 1 rings (SSSR count). The van der Waals surface area contributed by atoms with Crippen LogP contribution in [0.4, 0.5) is 0 Å². The number of rotatable bonds is 4. The largest absolute Gasteiger partial charge is 0.497 e. The average molecular weight is 207 g/mol. The van der Waals surface area contributed by atoms with E-state index in [1.165, 1.54) is 0 Å². The van der Waals surface area contributed by atoms with Crippen molar-refractivity contribution in [1.29, 1.82) is 0 Å². The second-order valence-corrected chi connectivity index (χ2v) is 3.13. The van der Waals surface area contributed by atoms with Gasteiger partial charge in [-0.05, 0) is 24.6 Å². The summed E-state index contributed by atoms with van der Waals surface area (Å²) in [7, 11) is 3.26. The van der Waals surface area contributed by atoms with Crippen molar-refractivity contribution in [3.05, 3.63) is 29.8 Å². The molecule has 0 radical (unpaired) electrons. The van der Waals surface area contributed by atoms with E-state index >= 15 is 0 Å². The zero-order valence-corrected chi connectivity index (χ0v) is 9.41. The minimum atomic E-state index is 0.716. The molecule has 0 fully saturated rings. The Balaban J connectivity index is 3.17. The van der Waals surface area contributed by atoms with Gasteiger partial charge in [-0.1, -0.05) is 13.0 Å². The summed E-state index contributed by atoms with van der Waals surface area (Å²) in [5.74, 6) is 1.54. The molecule has 3 nitrogen and oxygen atoms in total. The minimum Gasteiger partial charge on any atom is -0.497 e. The maximum Gasteiger partial charge on any atom is 0.128 e. The summed E-state index contributed by atoms with van der Waals surface area (Å²) >= 11 is 0. The normalized spacial score (nSPS) is 11.3. The third-order valence-electron chi connectivity index (χ3n) is 2.14. The molecular weight excluding hydrogens is 190 g/mol. The first-order valence-corrected chi connectivity index (χ1v) is 4.91. The monoisotopic (exact) mass is 207 g/mol. The molecule has 0 saturated heterocycles. The van der Waals surface area contributed by atoms with Crippen LogP contribution >= 0.6 is 0 Å². The molecule has 3 heteroatoms. The summed E-state index contributed by atoms with van der Waals surface area (Å²) < 4.78 is 10.4. The van der Waals surface area contributed by atoms with Gasteiger partial charge in [0.25, 0.3) is 0 Å². The molecule has 1 aromatic carbocycles. The van der Waals surface area contributed by atoms with Crippen LogP contribution in [0.2, 0.25) is 0 Å². The van der Waals surface area contributed by atoms with Crippen LogP contribution in [0, 0.1) is 0 Å². The van der Waals surface area contributed by atoms with Crippen LogP contribution < -0.4 is 15.2 Å². The standard InChI is InChI=1S/C12H17NO2/c1-4-5-11(13)10-8-9(14-2)6-7-12(10)15-3/h5-8H,4,13H2,1-3H3. The minimum absolute atomic E-state index is 0.716. The molecule has 0 unspecified atom stereocenters. The van der Waals surface area contributed by atoms with E-state index in [1.54, 1.807) is 14.2 Å². The van der Waals surface area contributed by atoms with E-state index in [2.05, 4.69) is 0 Å². The smallest absolute Gasteiger partial charge is 0.128 e. The Kier molecular flexibility index (Phi) is 4.03. The van der Waals surface area contributed by atoms with Crippen molar-refractivity contribution in [2.45, 2.75) is 13.3 Å². The third kappa shape index (κ3) is 2.65. The van der Waals surface area contributed by atoms with E-state index in [1.807, 2.05) is 31.2 Å². The van der Waals surface area contributed by atoms with Crippen LogP contribution in [-0.2, 0) is 0 Å². The highest BCUT2D eigenvalue weighted by Gasteiger charge is 2.06. The molecule has 0 aromatic heterocycles. The van der Waals surface area contributed by atoms with Crippen LogP contribution in [0.5, 0.6) is 11.5 Å². The third-order valence-corrected chi connectivity index (χ3v) is 2.14. The summed E-state index contributed by atoms with van der Waals surface area (Å²) in [6, 6.07) is 5.58. The molecule has 15 heavy (non-hydrogen) atoms. The Morgan fingerprint density at radius 3 is 2.60 bits per heavy atom. The quantitative estimate of drug-likeness (QED) is 0.824. The molecule has 0 aliphatic heterocycles. The zero-order chi connectivity index (χ0) is 11.3. The summed E-state index contributed by atoms with van der Waals surface area (Å²) in [5, 5.41) is 0. The van der Waals surface area contributed by atoms with Crippen LogP contribution in [-0.4, -0.2) is 14.2 Å². The van der Waals surface area contributed by atoms with Gasteiger partial charge in [0.15, 0.2) is 0 Å². The van der Waals surface area contributed by atoms with Gasteiger partial charge in [0.2, 0.25) is 0 Å². The van der Waals surface area contributed by atoms with Crippen molar-refractivity contribution >= 4 is 5.70 Å². The van der Waals surface area contributed by atoms with E-state index in [-0.39, 0.29) is 0 Å². The van der Waals surface area contributed by atoms with E-state index in [0.29, 0.717) is 5.70 Å². The van der Waals surface area contributed by atoms with Crippen molar-refractivity contribution in [2.75, 3.05) is 14.2 Å². The Morgan fingerprint density at radius 2 is 2.07 bits per heavy atom. The molecule has 0 heterocycles. The molecule has 0 spiro atoms. The molecular formula is C12H17NO2. The summed E-state index contributed by atoms with van der Waals surface area (Å²) in [5.41, 5.74) is 7.52. The van der Waals surface area contributed by atoms with Crippen molar-refractivity contribution in [3.8, 4) is 11.5 Å². The van der Waals surface area contributed by atoms with Crippen LogP contribution in [0.1, 0.15) is 18.9 Å². The Hall–Kier alpha value is -1.64. The molecule has 0 bridgehead atoms. The molecule has 2 N–H and O–H groups in total. The number of hydrogen-bond donors (Lipinski definition) is 1. The molecule has 0 atom stereocenters. The fourth-order valence-corrected chi connectivity index (χ4v) is 1.37. The second-order valence-electron chi connectivity index (χ2n) is 3.13. The number of ether oxygens (including phenoxy) is 2. The highest BCUT2D eigenvalue weighted by molar-refractivity contribution is 5.69. The van der Waals surface area contributed by atoms with Gasteiger partial charge in [-0.2, -0.15) is 0 Å². The van der Waals surface area contributed by atoms with Crippen molar-refractivity contribution in [3.63, 3.8) is 0 Å². The van der Waals surface area contributed by atoms with E-state index < -0.39 is 0 Å². The lowest BCUT2D eigenvalue weighted by molar-refractivity contribution is 0.402. The highest BCUT2D eigenvalue weighted by Crippen LogP contribution is 2.27. The second kappa shape index (κ2) is 5.29. The van der Waals surface area contributed by atoms with Crippen LogP contribution in [0.15, 0.2) is 24.3 Å². The summed E-state index contributed by atoms with van der Waals surface area (Å²) in [4.78, 5) is 0. The maximum absolute atomic E-state index is 5.93. The van der Waals surface area contributed by atoms with Crippen LogP contribution in [0.3, 0.4) is 0 Å². The first-order valence-electron chi connectivity index (χ1n) is 4.91. The molecule has 0 saturated carbocycles. The summed E-state index contributed by atoms with van der Waals surface area (Å²) in [6.07, 6.45) is 2.85. The number of methoxy groups -OCH3 is 2. The van der Waals surface area contributed by atoms with Gasteiger partial charge >= 0.3 is 0 Å². The SMILES string of the molecule is CCC=C(N)c1cc(OC)ccc1OC. The van der Waals surface area contributed by atoms with Gasteiger partial charge in [-0.3, -0.25) is 0 Å². The van der Waals surface area contributed by atoms with Crippen molar-refractivity contribution in [1.82, 2.24) is 0 Å². The molecule has 0 amide bonds. The van der Waals surface area contributed by atoms with Crippen molar-refractivity contribution in [2.24, 2.45) is 5.73 Å². The predicted molar refractivity (Wildman–Crippen MR) is 62.0 cm³/mol. The Labute approximate surface area is 90.5 Å². The maximum atomic E-state index is 5.93. The molecule has 0 aliphatic carbocycles. The van der Waals surface area contributed by atoms with Gasteiger partial charge in [0, 0.05) is 11.3 Å². The first-order chi connectivity index (χ1) is 7.22. The van der Waals surface area contributed by atoms with E-state index in [9.17, 15) is 0 Å². The van der Waals surface area contributed by atoms with Gasteiger partial charge in [-0.15, -0.1) is 0 Å². The number of hydrogen-bond acceptors (Lipinski definition) is 3. The predicted octanol–water partition coefficient (Wildman–Crippen LogP) is 2.41. The Bertz CT molecular complexity index is 359. The highest BCUT2D eigenvalue weighted by atomic mass is 16.5. The van der Waals surface area contributed by atoms with Crippen molar-refractivity contribution < 1.29 is 9.47 Å². The topological polar surface area (TPSA) is 44.5 Å². The summed E-state index contributed by atoms with van der Waals surface area (Å²) in [6.45, 7) is 2.04. The molecule has 0 aliphatic rings. The Morgan fingerprint density at radius 1 is 1.33 bits per heavy atom.